The molecular weight excluding hydrogens is 242 g/mol. The Bertz CT molecular complexity index is 425. The van der Waals surface area contributed by atoms with Crippen molar-refractivity contribution in [1.29, 1.82) is 0 Å². The fraction of sp³-hybridized carbons (Fsp3) is 0.667. The van der Waals surface area contributed by atoms with Crippen molar-refractivity contribution in [3.05, 3.63) is 23.7 Å². The van der Waals surface area contributed by atoms with Gasteiger partial charge in [-0.3, -0.25) is 4.79 Å². The van der Waals surface area contributed by atoms with Crippen molar-refractivity contribution in [2.45, 2.75) is 51.6 Å². The van der Waals surface area contributed by atoms with E-state index in [2.05, 4.69) is 12.2 Å². The summed E-state index contributed by atoms with van der Waals surface area (Å²) in [5, 5.41) is 11.9. The second kappa shape index (κ2) is 6.24. The molecule has 1 fully saturated rings. The molecule has 0 aliphatic heterocycles. The lowest BCUT2D eigenvalue weighted by atomic mass is 10.2. The van der Waals surface area contributed by atoms with Crippen molar-refractivity contribution in [2.24, 2.45) is 5.92 Å². The van der Waals surface area contributed by atoms with Gasteiger partial charge in [0.2, 0.25) is 5.91 Å². The summed E-state index contributed by atoms with van der Waals surface area (Å²) in [5.41, 5.74) is 0. The summed E-state index contributed by atoms with van der Waals surface area (Å²) in [6.07, 6.45) is 2.52. The van der Waals surface area contributed by atoms with Crippen LogP contribution in [0.3, 0.4) is 0 Å². The van der Waals surface area contributed by atoms with E-state index in [-0.39, 0.29) is 12.0 Å². The monoisotopic (exact) mass is 265 g/mol. The van der Waals surface area contributed by atoms with Crippen LogP contribution in [0, 0.1) is 5.92 Å². The van der Waals surface area contributed by atoms with Crippen molar-refractivity contribution < 1.29 is 14.3 Å². The molecule has 3 atom stereocenters. The standard InChI is InChI=1S/C15H23NO3/c1-10-9-13(10)14-5-3-12(19-14)4-6-15(18)16-8-7-11(2)17/h3,5,10-11,13,17H,4,6-9H2,1-2H3,(H,16,18). The smallest absolute Gasteiger partial charge is 0.220 e. The topological polar surface area (TPSA) is 62.5 Å². The lowest BCUT2D eigenvalue weighted by Gasteiger charge is -2.06. The van der Waals surface area contributed by atoms with Gasteiger partial charge in [-0.15, -0.1) is 0 Å². The summed E-state index contributed by atoms with van der Waals surface area (Å²) in [4.78, 5) is 11.6. The molecule has 4 heteroatoms. The number of rotatable bonds is 7. The molecule has 1 aliphatic rings. The molecule has 19 heavy (non-hydrogen) atoms. The summed E-state index contributed by atoms with van der Waals surface area (Å²) in [5.74, 6) is 3.30. The van der Waals surface area contributed by atoms with Crippen LogP contribution in [0.25, 0.3) is 0 Å². The third-order valence-corrected chi connectivity index (χ3v) is 3.64. The Morgan fingerprint density at radius 2 is 2.32 bits per heavy atom. The minimum atomic E-state index is -0.367. The predicted octanol–water partition coefficient (Wildman–Crippen LogP) is 2.22. The van der Waals surface area contributed by atoms with E-state index in [9.17, 15) is 4.79 Å². The van der Waals surface area contributed by atoms with Gasteiger partial charge in [0.1, 0.15) is 11.5 Å². The van der Waals surface area contributed by atoms with Crippen LogP contribution in [0.5, 0.6) is 0 Å². The van der Waals surface area contributed by atoms with Crippen LogP contribution in [-0.2, 0) is 11.2 Å². The average molecular weight is 265 g/mol. The van der Waals surface area contributed by atoms with Gasteiger partial charge in [-0.1, -0.05) is 6.92 Å². The summed E-state index contributed by atoms with van der Waals surface area (Å²) >= 11 is 0. The summed E-state index contributed by atoms with van der Waals surface area (Å²) in [6, 6.07) is 4.01. The normalized spacial score (nSPS) is 23.1. The van der Waals surface area contributed by atoms with Crippen molar-refractivity contribution in [1.82, 2.24) is 5.32 Å². The summed E-state index contributed by atoms with van der Waals surface area (Å²) in [6.45, 7) is 4.47. The van der Waals surface area contributed by atoms with Crippen LogP contribution in [0.2, 0.25) is 0 Å². The maximum Gasteiger partial charge on any atom is 0.220 e. The van der Waals surface area contributed by atoms with Crippen LogP contribution in [0.1, 0.15) is 50.5 Å². The second-order valence-corrected chi connectivity index (χ2v) is 5.61. The van der Waals surface area contributed by atoms with E-state index in [1.807, 2.05) is 12.1 Å². The molecule has 2 N–H and O–H groups in total. The zero-order valence-corrected chi connectivity index (χ0v) is 11.7. The average Bonchev–Trinajstić information content (AvgIpc) is 2.90. The molecule has 0 bridgehead atoms. The number of furan rings is 1. The van der Waals surface area contributed by atoms with Gasteiger partial charge in [0.25, 0.3) is 0 Å². The number of amides is 1. The number of nitrogens with one attached hydrogen (secondary N) is 1. The Hall–Kier alpha value is -1.29. The number of hydrogen-bond donors (Lipinski definition) is 2. The number of aliphatic hydroxyl groups is 1. The molecule has 1 aromatic rings. The third-order valence-electron chi connectivity index (χ3n) is 3.64. The van der Waals surface area contributed by atoms with Crippen LogP contribution in [-0.4, -0.2) is 23.7 Å². The molecule has 1 aliphatic carbocycles. The number of aliphatic hydroxyl groups excluding tert-OH is 1. The largest absolute Gasteiger partial charge is 0.466 e. The Balaban J connectivity index is 1.67. The Morgan fingerprint density at radius 3 is 2.95 bits per heavy atom. The SMILES string of the molecule is CC(O)CCNC(=O)CCc1ccc(C2CC2C)o1. The Labute approximate surface area is 114 Å². The van der Waals surface area contributed by atoms with E-state index < -0.39 is 0 Å². The minimum absolute atomic E-state index is 0.0124. The van der Waals surface area contributed by atoms with Gasteiger partial charge in [-0.05, 0) is 37.8 Å². The van der Waals surface area contributed by atoms with Crippen molar-refractivity contribution in [2.75, 3.05) is 6.54 Å². The fourth-order valence-corrected chi connectivity index (χ4v) is 2.19. The van der Waals surface area contributed by atoms with E-state index in [0.29, 0.717) is 31.7 Å². The highest BCUT2D eigenvalue weighted by atomic mass is 16.3. The molecule has 4 nitrogen and oxygen atoms in total. The van der Waals surface area contributed by atoms with E-state index in [1.54, 1.807) is 6.92 Å². The zero-order chi connectivity index (χ0) is 13.8. The molecule has 1 saturated carbocycles. The first-order valence-electron chi connectivity index (χ1n) is 7.09. The lowest BCUT2D eigenvalue weighted by molar-refractivity contribution is -0.121. The highest BCUT2D eigenvalue weighted by molar-refractivity contribution is 5.76. The highest BCUT2D eigenvalue weighted by Gasteiger charge is 2.36. The van der Waals surface area contributed by atoms with Gasteiger partial charge in [-0.25, -0.2) is 0 Å². The van der Waals surface area contributed by atoms with Gasteiger partial charge in [0, 0.05) is 25.3 Å². The minimum Gasteiger partial charge on any atom is -0.466 e. The van der Waals surface area contributed by atoms with Crippen LogP contribution in [0.15, 0.2) is 16.5 Å². The van der Waals surface area contributed by atoms with Crippen LogP contribution in [0.4, 0.5) is 0 Å². The van der Waals surface area contributed by atoms with Gasteiger partial charge in [0.05, 0.1) is 6.10 Å². The van der Waals surface area contributed by atoms with Gasteiger partial charge in [0.15, 0.2) is 0 Å². The van der Waals surface area contributed by atoms with Gasteiger partial charge in [-0.2, -0.15) is 0 Å². The van der Waals surface area contributed by atoms with Gasteiger partial charge < -0.3 is 14.8 Å². The molecule has 106 valence electrons. The van der Waals surface area contributed by atoms with Crippen LogP contribution >= 0.6 is 0 Å². The number of hydrogen-bond acceptors (Lipinski definition) is 3. The first kappa shape index (κ1) is 14.1. The molecule has 0 spiro atoms. The quantitative estimate of drug-likeness (QED) is 0.794. The first-order chi connectivity index (χ1) is 9.06. The predicted molar refractivity (Wildman–Crippen MR) is 72.9 cm³/mol. The Morgan fingerprint density at radius 1 is 1.58 bits per heavy atom. The molecule has 1 heterocycles. The third kappa shape index (κ3) is 4.39. The van der Waals surface area contributed by atoms with Crippen molar-refractivity contribution in [3.8, 4) is 0 Å². The molecular formula is C15H23NO3. The van der Waals surface area contributed by atoms with E-state index in [1.165, 1.54) is 6.42 Å². The highest BCUT2D eigenvalue weighted by Crippen LogP contribution is 2.47. The molecule has 3 unspecified atom stereocenters. The van der Waals surface area contributed by atoms with E-state index in [4.69, 9.17) is 9.52 Å². The maximum atomic E-state index is 11.6. The summed E-state index contributed by atoms with van der Waals surface area (Å²) in [7, 11) is 0. The second-order valence-electron chi connectivity index (χ2n) is 5.61. The van der Waals surface area contributed by atoms with E-state index >= 15 is 0 Å². The molecule has 0 radical (unpaired) electrons. The molecule has 1 amide bonds. The number of aryl methyl sites for hydroxylation is 1. The Kier molecular flexibility index (Phi) is 4.64. The zero-order valence-electron chi connectivity index (χ0n) is 11.7. The first-order valence-corrected chi connectivity index (χ1v) is 7.09. The molecule has 1 aromatic heterocycles. The molecule has 0 aromatic carbocycles. The van der Waals surface area contributed by atoms with Crippen molar-refractivity contribution >= 4 is 5.91 Å². The number of carbonyl (C=O) groups is 1. The summed E-state index contributed by atoms with van der Waals surface area (Å²) < 4.78 is 5.75. The maximum absolute atomic E-state index is 11.6. The molecule has 2 rings (SSSR count). The fourth-order valence-electron chi connectivity index (χ4n) is 2.19. The van der Waals surface area contributed by atoms with Gasteiger partial charge >= 0.3 is 0 Å². The lowest BCUT2D eigenvalue weighted by Crippen LogP contribution is -2.26. The van der Waals surface area contributed by atoms with Crippen LogP contribution < -0.4 is 5.32 Å². The molecule has 0 saturated heterocycles. The van der Waals surface area contributed by atoms with E-state index in [0.717, 1.165) is 17.4 Å². The van der Waals surface area contributed by atoms with Crippen molar-refractivity contribution in [3.63, 3.8) is 0 Å². The number of carbonyl (C=O) groups excluding carboxylic acids is 1.